The van der Waals surface area contributed by atoms with Crippen molar-refractivity contribution in [2.24, 2.45) is 0 Å². The number of rotatable bonds is 14. The Morgan fingerprint density at radius 2 is 0.652 bits per heavy atom. The summed E-state index contributed by atoms with van der Waals surface area (Å²) in [4.78, 5) is 0. The van der Waals surface area contributed by atoms with Crippen LogP contribution >= 0.6 is 0 Å². The van der Waals surface area contributed by atoms with E-state index in [9.17, 15) is 0 Å². The minimum absolute atomic E-state index is 0. The molecule has 0 saturated heterocycles. The average Bonchev–Trinajstić information content (AvgIpc) is 2.47. The monoisotopic (exact) mass is 496 g/mol. The van der Waals surface area contributed by atoms with Crippen LogP contribution in [0.1, 0.15) is 117 Å². The fraction of sp³-hybridized carbons (Fsp3) is 0.900. The van der Waals surface area contributed by atoms with Crippen LogP contribution in [-0.2, 0) is 25.8 Å². The van der Waals surface area contributed by atoms with E-state index in [2.05, 4.69) is 27.7 Å². The summed E-state index contributed by atoms with van der Waals surface area (Å²) in [6, 6.07) is 0. The molecule has 3 heteroatoms. The molecule has 0 unspecified atom stereocenters. The summed E-state index contributed by atoms with van der Waals surface area (Å²) in [5.41, 5.74) is 0. The third-order valence-electron chi connectivity index (χ3n) is 3.71. The summed E-state index contributed by atoms with van der Waals surface area (Å²) in [6.07, 6.45) is 21.8. The Labute approximate surface area is 167 Å². The molecule has 0 aromatic carbocycles. The van der Waals surface area contributed by atoms with Gasteiger partial charge in [-0.1, -0.05) is 104 Å². The van der Waals surface area contributed by atoms with Crippen LogP contribution in [0.5, 0.6) is 0 Å². The van der Waals surface area contributed by atoms with Crippen molar-refractivity contribution >= 4 is 0 Å². The van der Waals surface area contributed by atoms with E-state index in [0.29, 0.717) is 0 Å². The maximum atomic E-state index is 3.82. The van der Waals surface area contributed by atoms with Crippen molar-refractivity contribution in [2.75, 3.05) is 0 Å². The summed E-state index contributed by atoms with van der Waals surface area (Å²) < 4.78 is 0. The fourth-order valence-corrected chi connectivity index (χ4v) is 2.27. The predicted octanol–water partition coefficient (Wildman–Crippen LogP) is 7.57. The Bertz CT molecular complexity index is 112. The van der Waals surface area contributed by atoms with E-state index in [1.807, 2.05) is 0 Å². The van der Waals surface area contributed by atoms with Gasteiger partial charge in [-0.05, 0) is 0 Å². The number of hydrogen-bond acceptors (Lipinski definition) is 2. The average molecular weight is 495 g/mol. The van der Waals surface area contributed by atoms with E-state index in [0.717, 1.165) is 12.8 Å². The molecule has 0 aromatic rings. The van der Waals surface area contributed by atoms with Crippen LogP contribution in [0.15, 0.2) is 0 Å². The topological polar surface area (TPSA) is 60.0 Å². The predicted molar refractivity (Wildman–Crippen MR) is 99.8 cm³/mol. The van der Waals surface area contributed by atoms with Gasteiger partial charge in [0.15, 0.2) is 0 Å². The number of unbranched alkanes of at least 4 members (excludes halogenated alkanes) is 14. The van der Waals surface area contributed by atoms with Gasteiger partial charge in [0.1, 0.15) is 0 Å². The summed E-state index contributed by atoms with van der Waals surface area (Å²) in [5.74, 6) is 0. The van der Waals surface area contributed by atoms with Crippen molar-refractivity contribution in [1.29, 1.82) is 0 Å². The Kier molecular flexibility index (Phi) is 58.4. The van der Waals surface area contributed by atoms with Crippen molar-refractivity contribution in [3.63, 3.8) is 0 Å². The van der Waals surface area contributed by atoms with Crippen molar-refractivity contribution in [2.45, 2.75) is 117 Å². The van der Waals surface area contributed by atoms with Gasteiger partial charge in [0.2, 0.25) is 0 Å². The van der Waals surface area contributed by atoms with Crippen LogP contribution in [-0.4, -0.2) is 11.0 Å². The zero-order valence-corrected chi connectivity index (χ0v) is 19.7. The summed E-state index contributed by atoms with van der Waals surface area (Å²) in [5, 5.41) is 0. The summed E-state index contributed by atoms with van der Waals surface area (Å²) in [6.45, 7) is 12.2. The van der Waals surface area contributed by atoms with Gasteiger partial charge in [-0.3, -0.25) is 0 Å². The zero-order chi connectivity index (χ0) is 15.3. The van der Waals surface area contributed by atoms with Crippen molar-refractivity contribution < 1.29 is 36.8 Å². The van der Waals surface area contributed by atoms with Gasteiger partial charge in [0.25, 0.3) is 0 Å². The molecule has 0 amide bonds. The van der Waals surface area contributed by atoms with E-state index in [-0.39, 0.29) is 36.8 Å². The van der Waals surface area contributed by atoms with E-state index in [1.54, 1.807) is 0 Å². The van der Waals surface area contributed by atoms with Crippen molar-refractivity contribution in [3.05, 3.63) is 13.8 Å². The first-order valence-corrected chi connectivity index (χ1v) is 9.41. The van der Waals surface area contributed by atoms with Gasteiger partial charge in [0, 0.05) is 0 Å². The van der Waals surface area contributed by atoms with Gasteiger partial charge in [-0.15, -0.1) is 0 Å². The molecule has 0 aliphatic rings. The molecule has 2 nitrogen and oxygen atoms in total. The molecule has 140 valence electrons. The zero-order valence-electron chi connectivity index (χ0n) is 16.1. The first-order chi connectivity index (χ1) is 9.83. The summed E-state index contributed by atoms with van der Waals surface area (Å²) in [7, 11) is 0. The molecule has 0 aromatic heterocycles. The molecule has 0 aliphatic carbocycles. The molecule has 0 saturated carbocycles. The largest absolute Gasteiger partial charge is 4.00 e. The molecule has 2 N–H and O–H groups in total. The van der Waals surface area contributed by atoms with Gasteiger partial charge in [-0.2, -0.15) is 12.8 Å². The molecule has 0 spiro atoms. The molecular weight excluding hydrogens is 451 g/mol. The van der Waals surface area contributed by atoms with Crippen molar-refractivity contribution in [1.82, 2.24) is 0 Å². The van der Waals surface area contributed by atoms with E-state index < -0.39 is 0 Å². The molecule has 0 heterocycles. The van der Waals surface area contributed by atoms with Crippen LogP contribution in [0.2, 0.25) is 0 Å². The van der Waals surface area contributed by atoms with E-state index in [1.165, 1.54) is 89.9 Å². The third-order valence-corrected chi connectivity index (χ3v) is 3.71. The first kappa shape index (κ1) is 35.0. The number of hydrogen-bond donors (Lipinski definition) is 0. The maximum Gasteiger partial charge on any atom is 4.00 e. The molecule has 0 rings (SSSR count). The molecule has 23 heavy (non-hydrogen) atoms. The second-order valence-electron chi connectivity index (χ2n) is 5.95. The molecule has 0 radical (unpaired) electrons. The molecule has 0 atom stereocenters. The normalized spacial score (nSPS) is 8.87. The minimum Gasteiger partial charge on any atom is -0.870 e. The Morgan fingerprint density at radius 1 is 0.435 bits per heavy atom. The second-order valence-corrected chi connectivity index (χ2v) is 5.95. The summed E-state index contributed by atoms with van der Waals surface area (Å²) >= 11 is 0. The SMILES string of the molecule is [CH2-]CCCCCCCCC.[CH2-]CCCCCCCCC.[Hf+4].[OH-].[OH-]. The maximum absolute atomic E-state index is 3.82. The second kappa shape index (κ2) is 38.4. The fourth-order valence-electron chi connectivity index (χ4n) is 2.27. The molecule has 0 fully saturated rings. The molecular formula is C20H44HfO2. The van der Waals surface area contributed by atoms with Crippen LogP contribution in [0, 0.1) is 13.8 Å². The Hall–Kier alpha value is 0.790. The van der Waals surface area contributed by atoms with Gasteiger partial charge < -0.3 is 24.8 Å². The van der Waals surface area contributed by atoms with E-state index in [4.69, 9.17) is 0 Å². The Morgan fingerprint density at radius 3 is 0.870 bits per heavy atom. The van der Waals surface area contributed by atoms with E-state index >= 15 is 0 Å². The van der Waals surface area contributed by atoms with Crippen LogP contribution in [0.25, 0.3) is 0 Å². The van der Waals surface area contributed by atoms with Gasteiger partial charge in [0.05, 0.1) is 0 Å². The van der Waals surface area contributed by atoms with Gasteiger partial charge in [-0.25, -0.2) is 0 Å². The smallest absolute Gasteiger partial charge is 0.870 e. The first-order valence-electron chi connectivity index (χ1n) is 9.41. The molecule has 0 bridgehead atoms. The quantitative estimate of drug-likeness (QED) is 0.142. The molecule has 0 aliphatic heterocycles. The van der Waals surface area contributed by atoms with Crippen LogP contribution in [0.3, 0.4) is 0 Å². The van der Waals surface area contributed by atoms with Gasteiger partial charge >= 0.3 is 25.8 Å². The van der Waals surface area contributed by atoms with Crippen LogP contribution in [0.4, 0.5) is 0 Å². The minimum atomic E-state index is 0. The third kappa shape index (κ3) is 45.0. The van der Waals surface area contributed by atoms with Crippen LogP contribution < -0.4 is 0 Å². The standard InChI is InChI=1S/2C10H21.Hf.2H2O/c2*1-3-5-7-9-10-8-6-4-2;;;/h2*1,3-10H2,2H3;;2*1H2/q2*-1;+4;;/p-2. The van der Waals surface area contributed by atoms with Crippen molar-refractivity contribution in [3.8, 4) is 0 Å². The Balaban J connectivity index is -0.0000000831.